The molecule has 0 amide bonds. The number of aromatic amines is 1. The normalized spacial score (nSPS) is 11.0. The van der Waals surface area contributed by atoms with Gasteiger partial charge in [0, 0.05) is 17.6 Å². The highest BCUT2D eigenvalue weighted by atomic mass is 32.1. The average molecular weight is 393 g/mol. The van der Waals surface area contributed by atoms with E-state index in [9.17, 15) is 9.59 Å². The number of fused-ring (bicyclic) bond motifs is 1. The van der Waals surface area contributed by atoms with E-state index in [1.54, 1.807) is 23.5 Å². The highest BCUT2D eigenvalue weighted by molar-refractivity contribution is 7.09. The predicted molar refractivity (Wildman–Crippen MR) is 112 cm³/mol. The van der Waals surface area contributed by atoms with Gasteiger partial charge in [-0.15, -0.1) is 11.3 Å². The first-order valence-electron chi connectivity index (χ1n) is 9.03. The number of nitrogens with zero attached hydrogens (tertiary/aromatic N) is 3. The molecule has 8 heteroatoms. The monoisotopic (exact) mass is 393 g/mol. The topological polar surface area (TPSA) is 92.7 Å². The number of benzene rings is 1. The second-order valence-corrected chi connectivity index (χ2v) is 7.33. The van der Waals surface area contributed by atoms with Crippen molar-refractivity contribution in [1.82, 2.24) is 19.5 Å². The van der Waals surface area contributed by atoms with Crippen LogP contribution in [0.3, 0.4) is 0 Å². The van der Waals surface area contributed by atoms with Crippen LogP contribution in [-0.4, -0.2) is 26.1 Å². The maximum Gasteiger partial charge on any atom is 0.334 e. The van der Waals surface area contributed by atoms with Gasteiger partial charge in [0.05, 0.1) is 5.69 Å². The van der Waals surface area contributed by atoms with Crippen LogP contribution >= 0.6 is 11.3 Å². The van der Waals surface area contributed by atoms with Crippen LogP contribution in [0.2, 0.25) is 0 Å². The van der Waals surface area contributed by atoms with Crippen LogP contribution in [0.25, 0.3) is 16.7 Å². The molecule has 0 radical (unpaired) electrons. The highest BCUT2D eigenvalue weighted by Crippen LogP contribution is 2.11. The van der Waals surface area contributed by atoms with Gasteiger partial charge in [-0.3, -0.25) is 9.78 Å². The van der Waals surface area contributed by atoms with Crippen molar-refractivity contribution in [3.8, 4) is 5.69 Å². The lowest BCUT2D eigenvalue weighted by molar-refractivity contribution is 0.889. The molecule has 3 aromatic heterocycles. The largest absolute Gasteiger partial charge is 0.354 e. The number of nitrogens with one attached hydrogen (secondary N) is 2. The van der Waals surface area contributed by atoms with Crippen molar-refractivity contribution in [3.05, 3.63) is 79.3 Å². The lowest BCUT2D eigenvalue weighted by atomic mass is 10.1. The number of anilines is 1. The maximum atomic E-state index is 12.8. The Kier molecular flexibility index (Phi) is 5.03. The van der Waals surface area contributed by atoms with Gasteiger partial charge in [0.25, 0.3) is 5.56 Å². The van der Waals surface area contributed by atoms with Crippen LogP contribution in [0.5, 0.6) is 0 Å². The number of aryl methyl sites for hydroxylation is 1. The number of H-pyrrole nitrogens is 1. The summed E-state index contributed by atoms with van der Waals surface area (Å²) >= 11 is 1.69. The number of thiophene rings is 1. The quantitative estimate of drug-likeness (QED) is 0.525. The molecule has 0 saturated carbocycles. The summed E-state index contributed by atoms with van der Waals surface area (Å²) in [4.78, 5) is 37.8. The molecular weight excluding hydrogens is 374 g/mol. The van der Waals surface area contributed by atoms with Crippen molar-refractivity contribution in [3.63, 3.8) is 0 Å². The molecule has 0 spiro atoms. The van der Waals surface area contributed by atoms with Crippen molar-refractivity contribution in [2.45, 2.75) is 19.8 Å². The summed E-state index contributed by atoms with van der Waals surface area (Å²) in [5.74, 6) is 0.379. The van der Waals surface area contributed by atoms with Crippen LogP contribution in [0.15, 0.2) is 57.6 Å². The van der Waals surface area contributed by atoms with Crippen molar-refractivity contribution in [2.75, 3.05) is 11.9 Å². The maximum absolute atomic E-state index is 12.8. The molecule has 7 nitrogen and oxygen atoms in total. The molecule has 142 valence electrons. The van der Waals surface area contributed by atoms with E-state index in [4.69, 9.17) is 0 Å². The summed E-state index contributed by atoms with van der Waals surface area (Å²) in [7, 11) is 0. The van der Waals surface area contributed by atoms with Crippen LogP contribution < -0.4 is 16.6 Å². The fraction of sp³-hybridized carbons (Fsp3) is 0.200. The van der Waals surface area contributed by atoms with Gasteiger partial charge in [-0.05, 0) is 42.0 Å². The van der Waals surface area contributed by atoms with E-state index in [2.05, 4.69) is 26.3 Å². The Morgan fingerprint density at radius 1 is 1.18 bits per heavy atom. The summed E-state index contributed by atoms with van der Waals surface area (Å²) in [5, 5.41) is 5.43. The molecule has 0 bridgehead atoms. The van der Waals surface area contributed by atoms with E-state index in [-0.39, 0.29) is 11.0 Å². The number of hydrogen-bond acceptors (Lipinski definition) is 6. The summed E-state index contributed by atoms with van der Waals surface area (Å²) in [5.41, 5.74) is 0.919. The lowest BCUT2D eigenvalue weighted by Gasteiger charge is -2.08. The average Bonchev–Trinajstić information content (AvgIpc) is 3.22. The van der Waals surface area contributed by atoms with E-state index >= 15 is 0 Å². The van der Waals surface area contributed by atoms with Crippen molar-refractivity contribution in [2.24, 2.45) is 0 Å². The van der Waals surface area contributed by atoms with Crippen LogP contribution in [-0.2, 0) is 12.8 Å². The third kappa shape index (κ3) is 3.59. The Morgan fingerprint density at radius 2 is 2.00 bits per heavy atom. The van der Waals surface area contributed by atoms with Gasteiger partial charge in [0.1, 0.15) is 5.39 Å². The Morgan fingerprint density at radius 3 is 2.71 bits per heavy atom. The predicted octanol–water partition coefficient (Wildman–Crippen LogP) is 2.75. The molecule has 28 heavy (non-hydrogen) atoms. The zero-order valence-electron chi connectivity index (χ0n) is 15.3. The Labute approximate surface area is 164 Å². The van der Waals surface area contributed by atoms with Crippen LogP contribution in [0, 0.1) is 0 Å². The van der Waals surface area contributed by atoms with E-state index in [0.29, 0.717) is 18.2 Å². The fourth-order valence-corrected chi connectivity index (χ4v) is 3.67. The van der Waals surface area contributed by atoms with E-state index in [1.807, 2.05) is 30.5 Å². The van der Waals surface area contributed by atoms with Gasteiger partial charge in [0.2, 0.25) is 5.95 Å². The Bertz CT molecular complexity index is 1210. The van der Waals surface area contributed by atoms with Gasteiger partial charge in [-0.2, -0.15) is 4.98 Å². The van der Waals surface area contributed by atoms with Crippen molar-refractivity contribution in [1.29, 1.82) is 0 Å². The second kappa shape index (κ2) is 7.77. The standard InChI is InChI=1S/C20H19N5O2S/c1-2-13-5-7-14(8-6-13)25-18(26)16-12-22-19(23-17(16)24-20(25)27)21-10-9-15-4-3-11-28-15/h3-8,11-12H,2,9-10H2,1H3,(H2,21,22,23,24,27). The first-order valence-corrected chi connectivity index (χ1v) is 9.91. The van der Waals surface area contributed by atoms with Crippen LogP contribution in [0.4, 0.5) is 5.95 Å². The summed E-state index contributed by atoms with van der Waals surface area (Å²) in [6.07, 6.45) is 3.19. The molecule has 0 atom stereocenters. The molecule has 0 aliphatic heterocycles. The molecule has 4 aromatic rings. The molecule has 4 rings (SSSR count). The van der Waals surface area contributed by atoms with E-state index < -0.39 is 11.2 Å². The summed E-state index contributed by atoms with van der Waals surface area (Å²) < 4.78 is 1.11. The van der Waals surface area contributed by atoms with Crippen LogP contribution in [0.1, 0.15) is 17.4 Å². The minimum atomic E-state index is -0.523. The zero-order valence-corrected chi connectivity index (χ0v) is 16.1. The Hall–Kier alpha value is -3.26. The zero-order chi connectivity index (χ0) is 19.5. The molecule has 0 unspecified atom stereocenters. The Balaban J connectivity index is 1.63. The molecule has 0 fully saturated rings. The molecular formula is C20H19N5O2S. The second-order valence-electron chi connectivity index (χ2n) is 6.30. The van der Waals surface area contributed by atoms with E-state index in [0.717, 1.165) is 23.0 Å². The number of hydrogen-bond donors (Lipinski definition) is 2. The molecule has 1 aromatic carbocycles. The van der Waals surface area contributed by atoms with Crippen molar-refractivity contribution >= 4 is 28.3 Å². The summed E-state index contributed by atoms with van der Waals surface area (Å²) in [6, 6.07) is 11.4. The smallest absolute Gasteiger partial charge is 0.334 e. The summed E-state index contributed by atoms with van der Waals surface area (Å²) in [6.45, 7) is 2.71. The molecule has 2 N–H and O–H groups in total. The van der Waals surface area contributed by atoms with Gasteiger partial charge in [-0.1, -0.05) is 25.1 Å². The number of rotatable bonds is 6. The SMILES string of the molecule is CCc1ccc(-n2c(=O)[nH]c3nc(NCCc4cccs4)ncc3c2=O)cc1. The van der Waals surface area contributed by atoms with Gasteiger partial charge < -0.3 is 5.32 Å². The lowest BCUT2D eigenvalue weighted by Crippen LogP contribution is -2.34. The van der Waals surface area contributed by atoms with Gasteiger partial charge >= 0.3 is 5.69 Å². The van der Waals surface area contributed by atoms with Crippen molar-refractivity contribution < 1.29 is 0 Å². The third-order valence-electron chi connectivity index (χ3n) is 4.49. The minimum absolute atomic E-state index is 0.227. The highest BCUT2D eigenvalue weighted by Gasteiger charge is 2.12. The van der Waals surface area contributed by atoms with E-state index in [1.165, 1.54) is 11.1 Å². The fourth-order valence-electron chi connectivity index (χ4n) is 2.96. The molecule has 3 heterocycles. The van der Waals surface area contributed by atoms with Gasteiger partial charge in [0.15, 0.2) is 5.65 Å². The molecule has 0 aliphatic rings. The number of aromatic nitrogens is 4. The molecule has 0 saturated heterocycles. The minimum Gasteiger partial charge on any atom is -0.354 e. The molecule has 0 aliphatic carbocycles. The van der Waals surface area contributed by atoms with Gasteiger partial charge in [-0.25, -0.2) is 14.3 Å². The first kappa shape index (κ1) is 18.1. The third-order valence-corrected chi connectivity index (χ3v) is 5.42. The first-order chi connectivity index (χ1) is 13.7.